The number of hydrogen-bond donors (Lipinski definition) is 2. The van der Waals surface area contributed by atoms with E-state index in [1.807, 2.05) is 0 Å². The number of aromatic amines is 2. The number of fused-ring (bicyclic) bond motifs is 20. The molecule has 120 heavy (non-hydrogen) atoms. The van der Waals surface area contributed by atoms with Gasteiger partial charge in [-0.15, -0.1) is 0 Å². The van der Waals surface area contributed by atoms with Crippen LogP contribution in [0.4, 0.5) is 45.5 Å². The van der Waals surface area contributed by atoms with Crippen LogP contribution < -0.4 is 35.9 Å². The first kappa shape index (κ1) is 80.1. The molecular formula is C104H114N16+8. The largest absolute Gasteiger partial charge is 0.324 e. The first-order valence-corrected chi connectivity index (χ1v) is 41.4. The predicted octanol–water partition coefficient (Wildman–Crippen LogP) is 21.8. The van der Waals surface area contributed by atoms with Crippen LogP contribution in [-0.2, 0) is 0 Å². The monoisotopic (exact) mass is 1590 g/mol. The van der Waals surface area contributed by atoms with Crippen molar-refractivity contribution >= 4 is 89.6 Å². The average Bonchev–Trinajstić information content (AvgIpc) is 1.57. The number of H-pyrrole nitrogens is 2. The molecule has 12 aromatic carbocycles. The predicted molar refractivity (Wildman–Crippen MR) is 516 cm³/mol. The smallest absolute Gasteiger partial charge is 0.164 e. The highest BCUT2D eigenvalue weighted by molar-refractivity contribution is 6.12. The molecule has 0 aliphatic carbocycles. The normalized spacial score (nSPS) is 13.0. The van der Waals surface area contributed by atoms with Gasteiger partial charge < -0.3 is 9.97 Å². The van der Waals surface area contributed by atoms with Crippen LogP contribution in [-0.4, -0.2) is 209 Å². The molecule has 2 aliphatic heterocycles. The van der Waals surface area contributed by atoms with E-state index < -0.39 is 0 Å². The zero-order chi connectivity index (χ0) is 85.0. The topological polar surface area (TPSA) is 109 Å². The Balaban J connectivity index is 1.05. The fraction of sp³-hybridized carbons (Fsp3) is 0.231. The summed E-state index contributed by atoms with van der Waals surface area (Å²) in [6, 6.07) is 90.7. The van der Waals surface area contributed by atoms with Crippen molar-refractivity contribution < 1.29 is 0 Å². The molecule has 0 atom stereocenters. The summed E-state index contributed by atoms with van der Waals surface area (Å²) < 4.78 is 5.36. The van der Waals surface area contributed by atoms with Crippen LogP contribution in [0.1, 0.15) is 0 Å². The van der Waals surface area contributed by atoms with Gasteiger partial charge in [0.2, 0.25) is 0 Å². The molecule has 2 aliphatic rings. The van der Waals surface area contributed by atoms with Gasteiger partial charge in [0.25, 0.3) is 0 Å². The van der Waals surface area contributed by atoms with Crippen LogP contribution in [0.25, 0.3) is 179 Å². The molecule has 0 saturated heterocycles. The van der Waals surface area contributed by atoms with Gasteiger partial charge in [-0.2, -0.15) is 0 Å². The van der Waals surface area contributed by atoms with Gasteiger partial charge in [-0.1, -0.05) is 0 Å². The van der Waals surface area contributed by atoms with Crippen molar-refractivity contribution in [3.05, 3.63) is 243 Å². The van der Waals surface area contributed by atoms with Gasteiger partial charge in [0.05, 0.1) is 169 Å². The van der Waals surface area contributed by atoms with Crippen molar-refractivity contribution in [3.8, 4) is 135 Å². The SMILES string of the molecule is C[N+](C)(C)c1ccc(-c2cc3c(cc2-c2ccc([N+](C)(C)C)cc2)-c2nc-3nc3[nH]c(nc4nc(nc5[nH]c(n2)c2cc(-c6ccc([N+](C)(C)C)cc6)c(-c6ccc([N+](C)(C)C)cc6)cc52)-c2cc(-c5ccc([N+](C)(C)C)cc5)c(-c5ccc([N+](C)(C)C)cc5)cc2-4)c2cc(-c4ccc([N+](C)(C)C)cc4)c(-c4ccc([N+](C)(C)C)cc4)cc32)cc1. The lowest BCUT2D eigenvalue weighted by Gasteiger charge is -2.24. The molecular weight excluding hydrogens is 1470 g/mol. The molecule has 16 heteroatoms. The summed E-state index contributed by atoms with van der Waals surface area (Å²) >= 11 is 0. The van der Waals surface area contributed by atoms with Crippen molar-refractivity contribution in [1.82, 2.24) is 75.7 Å². The minimum absolute atomic E-state index is 0.496. The summed E-state index contributed by atoms with van der Waals surface area (Å²) in [6.45, 7) is 0. The Morgan fingerprint density at radius 2 is 0.275 bits per heavy atom. The van der Waals surface area contributed by atoms with E-state index >= 15 is 0 Å². The summed E-state index contributed by atoms with van der Waals surface area (Å²) in [6.07, 6.45) is 0. The molecule has 0 spiro atoms. The Hall–Kier alpha value is -12.3. The third-order valence-electron chi connectivity index (χ3n) is 24.0. The molecule has 2 N–H and O–H groups in total. The van der Waals surface area contributed by atoms with E-state index in [1.54, 1.807) is 0 Å². The number of nitrogens with zero attached hydrogens (tertiary/aromatic N) is 14. The summed E-state index contributed by atoms with van der Waals surface area (Å²) in [5.41, 5.74) is 32.0. The first-order valence-electron chi connectivity index (χ1n) is 41.4. The number of nitrogens with one attached hydrogen (secondary N) is 2. The number of quaternary nitrogens is 8. The molecule has 16 nitrogen and oxygen atoms in total. The van der Waals surface area contributed by atoms with Gasteiger partial charge in [-0.3, -0.25) is 35.9 Å². The second-order valence-electron chi connectivity index (χ2n) is 39.9. The maximum Gasteiger partial charge on any atom is 0.164 e. The van der Waals surface area contributed by atoms with Crippen molar-refractivity contribution in [1.29, 1.82) is 0 Å². The quantitative estimate of drug-likeness (QED) is 0.0933. The molecule has 3 aromatic heterocycles. The van der Waals surface area contributed by atoms with Gasteiger partial charge in [-0.05, 0) is 332 Å². The molecule has 8 bridgehead atoms. The van der Waals surface area contributed by atoms with Crippen LogP contribution in [0, 0.1) is 0 Å². The molecule has 0 saturated carbocycles. The highest BCUT2D eigenvalue weighted by atomic mass is 15.3. The van der Waals surface area contributed by atoms with Crippen LogP contribution >= 0.6 is 0 Å². The number of hydrogen-bond acceptors (Lipinski definition) is 6. The average molecular weight is 1590 g/mol. The fourth-order valence-corrected chi connectivity index (χ4v) is 16.6. The summed E-state index contributed by atoms with van der Waals surface area (Å²) in [7, 11) is 53.0. The second kappa shape index (κ2) is 28.7. The van der Waals surface area contributed by atoms with E-state index in [2.05, 4.69) is 422 Å². The van der Waals surface area contributed by atoms with Crippen LogP contribution in [0.5, 0.6) is 0 Å². The number of aromatic nitrogens is 8. The van der Waals surface area contributed by atoms with Crippen molar-refractivity contribution in [3.63, 3.8) is 0 Å². The molecule has 15 aromatic rings. The third kappa shape index (κ3) is 15.2. The Morgan fingerprint density at radius 3 is 0.400 bits per heavy atom. The molecule has 17 rings (SSSR count). The standard InChI is InChI=1S/C104H114N16/c1-113(2,3)73-41-25-65(26-42-73)81-57-89-90(58-82(81)66-27-43-74(44-28-66)114(4,5)6)98-105-97(89)109-99-91-59-83(67-29-45-75(46-30-67)115(7,8)9)84(68-31-47-76(48-32-68)116(10,11)12)60-92(91)101(106-99)111-103-95-63-87(71-37-53-79(54-38-71)119(19,20)21)88(72-39-55-80(56-40-72)120(22,23)24)64-96(95)104(108-103)112-102-94-62-86(70-35-51-78(52-36-70)118(16,17)18)85(61-93(94)100(107-102)110-98)69-33-49-77(50-34-69)117(13,14)15/h25-64H,1-24H3,(H2,105,106,107,108,109,110,111,112)/q+8. The van der Waals surface area contributed by atoms with E-state index in [9.17, 15) is 0 Å². The minimum Gasteiger partial charge on any atom is -0.324 e. The van der Waals surface area contributed by atoms with Crippen molar-refractivity contribution in [2.24, 2.45) is 0 Å². The molecule has 0 fully saturated rings. The lowest BCUT2D eigenvalue weighted by Crippen LogP contribution is -2.34. The maximum absolute atomic E-state index is 5.93. The molecule has 602 valence electrons. The van der Waals surface area contributed by atoms with Crippen molar-refractivity contribution in [2.45, 2.75) is 0 Å². The van der Waals surface area contributed by atoms with E-state index in [0.717, 1.165) is 133 Å². The van der Waals surface area contributed by atoms with Crippen molar-refractivity contribution in [2.75, 3.05) is 169 Å². The highest BCUT2D eigenvalue weighted by Gasteiger charge is 2.31. The van der Waals surface area contributed by atoms with E-state index in [0.29, 0.717) is 81.8 Å². The second-order valence-corrected chi connectivity index (χ2v) is 39.9. The van der Waals surface area contributed by atoms with E-state index in [1.165, 1.54) is 45.5 Å². The zero-order valence-corrected chi connectivity index (χ0v) is 74.4. The molecule has 5 heterocycles. The molecule has 0 amide bonds. The number of benzene rings is 12. The van der Waals surface area contributed by atoms with E-state index in [4.69, 9.17) is 29.9 Å². The Labute approximate surface area is 707 Å². The Morgan fingerprint density at radius 1 is 0.150 bits per heavy atom. The van der Waals surface area contributed by atoms with Crippen LogP contribution in [0.3, 0.4) is 0 Å². The Bertz CT molecular complexity index is 5930. The summed E-state index contributed by atoms with van der Waals surface area (Å²) in [4.78, 5) is 43.2. The van der Waals surface area contributed by atoms with Gasteiger partial charge >= 0.3 is 0 Å². The van der Waals surface area contributed by atoms with Crippen LogP contribution in [0.15, 0.2) is 243 Å². The maximum atomic E-state index is 5.93. The highest BCUT2D eigenvalue weighted by Crippen LogP contribution is 2.50. The fourth-order valence-electron chi connectivity index (χ4n) is 16.6. The zero-order valence-electron chi connectivity index (χ0n) is 74.4. The lowest BCUT2D eigenvalue weighted by atomic mass is 9.90. The van der Waals surface area contributed by atoms with Gasteiger partial charge in [0.15, 0.2) is 23.3 Å². The Kier molecular flexibility index (Phi) is 19.2. The summed E-state index contributed by atoms with van der Waals surface area (Å²) in [5.74, 6) is 1.99. The summed E-state index contributed by atoms with van der Waals surface area (Å²) in [5, 5.41) is 3.44. The van der Waals surface area contributed by atoms with Gasteiger partial charge in [-0.25, -0.2) is 29.9 Å². The van der Waals surface area contributed by atoms with E-state index in [-0.39, 0.29) is 0 Å². The first-order chi connectivity index (χ1) is 56.4. The van der Waals surface area contributed by atoms with Crippen LogP contribution in [0.2, 0.25) is 0 Å². The third-order valence-corrected chi connectivity index (χ3v) is 24.0. The minimum atomic E-state index is 0.496. The number of rotatable bonds is 16. The molecule has 0 radical (unpaired) electrons. The van der Waals surface area contributed by atoms with Gasteiger partial charge in [0, 0.05) is 43.8 Å². The van der Waals surface area contributed by atoms with Gasteiger partial charge in [0.1, 0.15) is 68.1 Å². The lowest BCUT2D eigenvalue weighted by molar-refractivity contribution is 0.486. The molecule has 0 unspecified atom stereocenters.